The van der Waals surface area contributed by atoms with Crippen LogP contribution < -0.4 is 5.56 Å². The van der Waals surface area contributed by atoms with Gasteiger partial charge in [0.1, 0.15) is 12.9 Å². The molecule has 7 nitrogen and oxygen atoms in total. The summed E-state index contributed by atoms with van der Waals surface area (Å²) in [5.41, 5.74) is 3.24. The fourth-order valence-electron chi connectivity index (χ4n) is 3.82. The van der Waals surface area contributed by atoms with Gasteiger partial charge in [0.25, 0.3) is 5.56 Å². The van der Waals surface area contributed by atoms with E-state index in [-0.39, 0.29) is 30.1 Å². The first-order valence-electron chi connectivity index (χ1n) is 8.19. The first kappa shape index (κ1) is 15.0. The van der Waals surface area contributed by atoms with E-state index in [1.807, 2.05) is 11.1 Å². The van der Waals surface area contributed by atoms with Crippen molar-refractivity contribution in [3.05, 3.63) is 51.7 Å². The molecular weight excluding hydrogens is 306 g/mol. The first-order valence-corrected chi connectivity index (χ1v) is 8.19. The quantitative estimate of drug-likeness (QED) is 0.821. The Morgan fingerprint density at radius 2 is 2.12 bits per heavy atom. The minimum absolute atomic E-state index is 0.0302. The van der Waals surface area contributed by atoms with Gasteiger partial charge in [-0.25, -0.2) is 15.0 Å². The summed E-state index contributed by atoms with van der Waals surface area (Å²) >= 11 is 0. The fraction of sp³-hybridized carbons (Fsp3) is 0.471. The molecule has 2 bridgehead atoms. The van der Waals surface area contributed by atoms with E-state index in [0.29, 0.717) is 11.3 Å². The number of aromatic nitrogens is 4. The molecule has 0 spiro atoms. The van der Waals surface area contributed by atoms with Gasteiger partial charge in [0.15, 0.2) is 0 Å². The molecule has 4 heterocycles. The Morgan fingerprint density at radius 3 is 2.96 bits per heavy atom. The number of hydrogen-bond donors (Lipinski definition) is 0. The fourth-order valence-corrected chi connectivity index (χ4v) is 3.82. The predicted molar refractivity (Wildman–Crippen MR) is 86.3 cm³/mol. The number of nitrogens with zero attached hydrogens (tertiary/aromatic N) is 5. The molecule has 0 aliphatic carbocycles. The van der Waals surface area contributed by atoms with E-state index in [9.17, 15) is 9.59 Å². The summed E-state index contributed by atoms with van der Waals surface area (Å²) in [6.07, 6.45) is 7.50. The van der Waals surface area contributed by atoms with Crippen LogP contribution in [0.25, 0.3) is 0 Å². The van der Waals surface area contributed by atoms with Crippen LogP contribution in [0.3, 0.4) is 0 Å². The van der Waals surface area contributed by atoms with E-state index < -0.39 is 0 Å². The van der Waals surface area contributed by atoms with Crippen LogP contribution in [0.4, 0.5) is 0 Å². The third-order valence-corrected chi connectivity index (χ3v) is 5.23. The maximum absolute atomic E-state index is 12.9. The molecule has 1 fully saturated rings. The highest BCUT2D eigenvalue weighted by atomic mass is 16.2. The lowest BCUT2D eigenvalue weighted by molar-refractivity contribution is -0.135. The van der Waals surface area contributed by atoms with Crippen LogP contribution in [0, 0.1) is 13.8 Å². The molecule has 0 saturated carbocycles. The summed E-state index contributed by atoms with van der Waals surface area (Å²) in [6.45, 7) is 3.57. The number of fused-ring (bicyclic) bond motifs is 4. The van der Waals surface area contributed by atoms with Crippen LogP contribution in [0.1, 0.15) is 41.4 Å². The number of hydrogen-bond acceptors (Lipinski definition) is 5. The molecule has 0 unspecified atom stereocenters. The number of carbonyl (C=O) groups is 1. The normalized spacial score (nSPS) is 21.7. The average molecular weight is 325 g/mol. The van der Waals surface area contributed by atoms with Crippen LogP contribution in [0.15, 0.2) is 23.6 Å². The largest absolute Gasteiger partial charge is 0.331 e. The molecule has 24 heavy (non-hydrogen) atoms. The molecule has 2 aromatic heterocycles. The lowest BCUT2D eigenvalue weighted by Gasteiger charge is -2.35. The van der Waals surface area contributed by atoms with Crippen LogP contribution in [-0.4, -0.2) is 36.4 Å². The Morgan fingerprint density at radius 1 is 1.29 bits per heavy atom. The highest BCUT2D eigenvalue weighted by Crippen LogP contribution is 2.42. The zero-order chi connectivity index (χ0) is 16.8. The molecule has 0 radical (unpaired) electrons. The first-order chi connectivity index (χ1) is 11.6. The van der Waals surface area contributed by atoms with E-state index in [2.05, 4.69) is 15.0 Å². The molecule has 124 valence electrons. The van der Waals surface area contributed by atoms with Gasteiger partial charge >= 0.3 is 0 Å². The SMILES string of the molecule is Cc1ncn(CC(=O)N2[C@H]3CC[C@H]2c2cncnc2C3)c(=O)c1C. The second-order valence-electron chi connectivity index (χ2n) is 6.56. The summed E-state index contributed by atoms with van der Waals surface area (Å²) in [5, 5.41) is 0. The van der Waals surface area contributed by atoms with Crippen LogP contribution in [0.5, 0.6) is 0 Å². The molecule has 1 amide bonds. The molecule has 1 saturated heterocycles. The molecule has 2 atom stereocenters. The van der Waals surface area contributed by atoms with Crippen LogP contribution >= 0.6 is 0 Å². The number of amides is 1. The second-order valence-corrected chi connectivity index (χ2v) is 6.56. The Kier molecular flexibility index (Phi) is 3.44. The van der Waals surface area contributed by atoms with Crippen molar-refractivity contribution < 1.29 is 4.79 Å². The Bertz CT molecular complexity index is 876. The predicted octanol–water partition coefficient (Wildman–Crippen LogP) is 0.939. The maximum atomic E-state index is 12.9. The van der Waals surface area contributed by atoms with E-state index in [4.69, 9.17) is 0 Å². The van der Waals surface area contributed by atoms with Crippen molar-refractivity contribution in [1.82, 2.24) is 24.4 Å². The van der Waals surface area contributed by atoms with Crippen molar-refractivity contribution in [2.45, 2.75) is 51.7 Å². The topological polar surface area (TPSA) is 81.0 Å². The third kappa shape index (κ3) is 2.23. The highest BCUT2D eigenvalue weighted by molar-refractivity contribution is 5.77. The standard InChI is InChI=1S/C17H19N5O2/c1-10-11(2)20-9-21(17(10)24)7-16(23)22-12-3-4-15(22)13-6-18-8-19-14(13)5-12/h6,8-9,12,15H,3-5,7H2,1-2H3/t12-,15-/m0/s1. The van der Waals surface area contributed by atoms with Crippen molar-refractivity contribution in [3.8, 4) is 0 Å². The van der Waals surface area contributed by atoms with Crippen molar-refractivity contribution in [2.24, 2.45) is 0 Å². The van der Waals surface area contributed by atoms with E-state index >= 15 is 0 Å². The van der Waals surface area contributed by atoms with Crippen molar-refractivity contribution >= 4 is 5.91 Å². The smallest absolute Gasteiger partial charge is 0.256 e. The highest BCUT2D eigenvalue weighted by Gasteiger charge is 2.43. The Balaban J connectivity index is 1.63. The van der Waals surface area contributed by atoms with Gasteiger partial charge in [0, 0.05) is 35.5 Å². The van der Waals surface area contributed by atoms with Gasteiger partial charge in [0.2, 0.25) is 5.91 Å². The summed E-state index contributed by atoms with van der Waals surface area (Å²) in [4.78, 5) is 39.8. The molecule has 0 aromatic carbocycles. The van der Waals surface area contributed by atoms with Crippen molar-refractivity contribution in [3.63, 3.8) is 0 Å². The van der Waals surface area contributed by atoms with Gasteiger partial charge in [-0.2, -0.15) is 0 Å². The van der Waals surface area contributed by atoms with Crippen molar-refractivity contribution in [1.29, 1.82) is 0 Å². The Hall–Kier alpha value is -2.57. The minimum Gasteiger partial charge on any atom is -0.331 e. The molecular formula is C17H19N5O2. The molecule has 2 aliphatic heterocycles. The summed E-state index contributed by atoms with van der Waals surface area (Å²) in [5.74, 6) is -0.0378. The zero-order valence-electron chi connectivity index (χ0n) is 13.8. The van der Waals surface area contributed by atoms with Crippen LogP contribution in [-0.2, 0) is 17.8 Å². The minimum atomic E-state index is -0.149. The lowest BCUT2D eigenvalue weighted by Crippen LogP contribution is -2.45. The lowest BCUT2D eigenvalue weighted by atomic mass is 9.99. The molecule has 7 heteroatoms. The van der Waals surface area contributed by atoms with Gasteiger partial charge < -0.3 is 4.90 Å². The van der Waals surface area contributed by atoms with Crippen LogP contribution in [0.2, 0.25) is 0 Å². The van der Waals surface area contributed by atoms with Gasteiger partial charge in [-0.1, -0.05) is 0 Å². The molecule has 4 rings (SSSR count). The average Bonchev–Trinajstić information content (AvgIpc) is 2.90. The summed E-state index contributed by atoms with van der Waals surface area (Å²) < 4.78 is 1.40. The summed E-state index contributed by atoms with van der Waals surface area (Å²) in [6, 6.07) is 0.197. The monoisotopic (exact) mass is 325 g/mol. The zero-order valence-corrected chi connectivity index (χ0v) is 13.8. The summed E-state index contributed by atoms with van der Waals surface area (Å²) in [7, 11) is 0. The van der Waals surface area contributed by atoms with E-state index in [1.165, 1.54) is 10.9 Å². The second kappa shape index (κ2) is 5.51. The molecule has 2 aromatic rings. The van der Waals surface area contributed by atoms with Crippen molar-refractivity contribution in [2.75, 3.05) is 0 Å². The van der Waals surface area contributed by atoms with Gasteiger partial charge in [-0.3, -0.25) is 14.2 Å². The van der Waals surface area contributed by atoms with E-state index in [0.717, 1.165) is 30.5 Å². The third-order valence-electron chi connectivity index (χ3n) is 5.23. The van der Waals surface area contributed by atoms with E-state index in [1.54, 1.807) is 20.2 Å². The van der Waals surface area contributed by atoms with Gasteiger partial charge in [-0.15, -0.1) is 0 Å². The number of aryl methyl sites for hydroxylation is 1. The van der Waals surface area contributed by atoms with Gasteiger partial charge in [-0.05, 0) is 26.7 Å². The maximum Gasteiger partial charge on any atom is 0.256 e. The van der Waals surface area contributed by atoms with Gasteiger partial charge in [0.05, 0.1) is 18.1 Å². The number of rotatable bonds is 2. The molecule has 0 N–H and O–H groups in total. The number of carbonyl (C=O) groups excluding carboxylic acids is 1. The Labute approximate surface area is 139 Å². The molecule has 2 aliphatic rings.